The molecule has 0 saturated carbocycles. The zero-order chi connectivity index (χ0) is 25.4. The highest BCUT2D eigenvalue weighted by molar-refractivity contribution is 8.01. The maximum atomic E-state index is 11.5. The molecule has 4 N–H and O–H groups in total. The predicted molar refractivity (Wildman–Crippen MR) is 146 cm³/mol. The molecule has 0 bridgehead atoms. The van der Waals surface area contributed by atoms with Crippen LogP contribution in [0.25, 0.3) is 32.2 Å². The molecule has 4 aromatic rings. The molecule has 4 heterocycles. The number of aryl methyl sites for hydroxylation is 1. The summed E-state index contributed by atoms with van der Waals surface area (Å²) in [6.45, 7) is 10.6. The fourth-order valence-corrected chi connectivity index (χ4v) is 5.99. The van der Waals surface area contributed by atoms with Gasteiger partial charge < -0.3 is 20.8 Å². The van der Waals surface area contributed by atoms with Crippen molar-refractivity contribution >= 4 is 56.2 Å². The van der Waals surface area contributed by atoms with Crippen molar-refractivity contribution in [3.8, 4) is 22.0 Å². The maximum absolute atomic E-state index is 11.5. The molecule has 4 aromatic heterocycles. The zero-order valence-electron chi connectivity index (χ0n) is 20.6. The molecule has 0 aromatic carbocycles. The van der Waals surface area contributed by atoms with Gasteiger partial charge in [0.1, 0.15) is 26.2 Å². The molecule has 1 amide bonds. The number of carbonyl (C=O) groups is 1. The first-order chi connectivity index (χ1) is 16.4. The van der Waals surface area contributed by atoms with E-state index < -0.39 is 5.91 Å². The van der Waals surface area contributed by atoms with E-state index in [2.05, 4.69) is 9.97 Å². The van der Waals surface area contributed by atoms with Gasteiger partial charge in [-0.25, -0.2) is 15.0 Å². The fraction of sp³-hybridized carbons (Fsp3) is 0.391. The number of thiazole rings is 1. The summed E-state index contributed by atoms with van der Waals surface area (Å²) < 4.78 is 8.18. The Labute approximate surface area is 212 Å². The first-order valence-corrected chi connectivity index (χ1v) is 13.6. The van der Waals surface area contributed by atoms with Crippen LogP contribution >= 0.6 is 34.4 Å². The average Bonchev–Trinajstić information content (AvgIpc) is 3.55. The number of thiophene rings is 1. The van der Waals surface area contributed by atoms with Gasteiger partial charge in [-0.1, -0.05) is 27.7 Å². The molecular formula is C23H32N6O2S3. The number of thioether (sulfide) groups is 1. The highest BCUT2D eigenvalue weighted by Gasteiger charge is 2.21. The zero-order valence-corrected chi connectivity index (χ0v) is 23.1. The molecule has 8 nitrogen and oxygen atoms in total. The van der Waals surface area contributed by atoms with Crippen molar-refractivity contribution in [2.45, 2.75) is 38.8 Å². The summed E-state index contributed by atoms with van der Waals surface area (Å²) in [6.07, 6.45) is 3.32. The summed E-state index contributed by atoms with van der Waals surface area (Å²) in [5.41, 5.74) is 15.2. The van der Waals surface area contributed by atoms with Crippen LogP contribution in [0.4, 0.5) is 5.69 Å². The van der Waals surface area contributed by atoms with Crippen LogP contribution < -0.4 is 11.5 Å². The first kappa shape index (κ1) is 27.8. The van der Waals surface area contributed by atoms with Gasteiger partial charge in [0.2, 0.25) is 0 Å². The standard InChI is InChI=1S/C19H20N6O2S3.2C2H6/c1-9-22-7-12(25(9)2)10-6-11(17-23-8-13(29-17)16(21)26)24-18-14(10)15(20)19(30-18)28-5-4-27-3;2*1-2/h6-8H,4-5,20H2,1-3H3,(H2,21,26);2*1-2H3. The van der Waals surface area contributed by atoms with Gasteiger partial charge in [-0.05, 0) is 13.0 Å². The number of hydrogen-bond acceptors (Lipinski definition) is 9. The van der Waals surface area contributed by atoms with Crippen LogP contribution in [-0.2, 0) is 11.8 Å². The van der Waals surface area contributed by atoms with E-state index in [9.17, 15) is 4.79 Å². The number of nitrogens with zero attached hydrogens (tertiary/aromatic N) is 4. The van der Waals surface area contributed by atoms with Crippen molar-refractivity contribution in [1.82, 2.24) is 19.5 Å². The number of imidazole rings is 1. The number of carbonyl (C=O) groups excluding carboxylic acids is 1. The summed E-state index contributed by atoms with van der Waals surface area (Å²) in [5, 5.41) is 1.53. The van der Waals surface area contributed by atoms with Gasteiger partial charge in [0.15, 0.2) is 0 Å². The van der Waals surface area contributed by atoms with E-state index in [0.717, 1.165) is 37.3 Å². The van der Waals surface area contributed by atoms with Crippen molar-refractivity contribution in [1.29, 1.82) is 0 Å². The van der Waals surface area contributed by atoms with Gasteiger partial charge in [-0.15, -0.1) is 34.4 Å². The number of aromatic nitrogens is 4. The minimum atomic E-state index is -0.500. The second-order valence-electron chi connectivity index (χ2n) is 6.52. The molecule has 0 radical (unpaired) electrons. The summed E-state index contributed by atoms with van der Waals surface area (Å²) in [6, 6.07) is 1.95. The van der Waals surface area contributed by atoms with Crippen LogP contribution in [0.1, 0.15) is 43.2 Å². The van der Waals surface area contributed by atoms with E-state index in [1.807, 2.05) is 58.5 Å². The number of hydrogen-bond donors (Lipinski definition) is 2. The Morgan fingerprint density at radius 2 is 1.88 bits per heavy atom. The molecular weight excluding hydrogens is 488 g/mol. The molecule has 0 aliphatic heterocycles. The van der Waals surface area contributed by atoms with Gasteiger partial charge in [0.25, 0.3) is 5.91 Å². The normalized spacial score (nSPS) is 10.4. The quantitative estimate of drug-likeness (QED) is 0.240. The average molecular weight is 521 g/mol. The molecule has 4 rings (SSSR count). The van der Waals surface area contributed by atoms with E-state index in [4.69, 9.17) is 21.2 Å². The minimum absolute atomic E-state index is 0.395. The van der Waals surface area contributed by atoms with Crippen molar-refractivity contribution < 1.29 is 9.53 Å². The third-order valence-corrected chi connectivity index (χ3v) is 8.03. The molecule has 0 unspecified atom stereocenters. The Bertz CT molecular complexity index is 1250. The van der Waals surface area contributed by atoms with Crippen LogP contribution in [0.15, 0.2) is 22.7 Å². The smallest absolute Gasteiger partial charge is 0.260 e. The van der Waals surface area contributed by atoms with Crippen molar-refractivity contribution in [3.63, 3.8) is 0 Å². The Kier molecular flexibility index (Phi) is 10.5. The van der Waals surface area contributed by atoms with E-state index in [-0.39, 0.29) is 0 Å². The lowest BCUT2D eigenvalue weighted by atomic mass is 10.1. The molecule has 184 valence electrons. The van der Waals surface area contributed by atoms with E-state index in [1.165, 1.54) is 17.5 Å². The number of amides is 1. The summed E-state index contributed by atoms with van der Waals surface area (Å²) >= 11 is 4.42. The number of nitrogens with two attached hydrogens (primary N) is 2. The number of ether oxygens (including phenoxy) is 1. The van der Waals surface area contributed by atoms with E-state index in [0.29, 0.717) is 27.9 Å². The molecule has 0 saturated heterocycles. The SMILES string of the molecule is CC.CC.COCCSc1sc2nc(-c3ncc(C(N)=O)s3)cc(-c3cnc(C)n3C)c2c1N. The fourth-order valence-electron chi connectivity index (χ4n) is 3.00. The van der Waals surface area contributed by atoms with Gasteiger partial charge in [-0.2, -0.15) is 0 Å². The number of anilines is 1. The second kappa shape index (κ2) is 12.8. The van der Waals surface area contributed by atoms with Gasteiger partial charge >= 0.3 is 0 Å². The number of nitrogen functional groups attached to an aromatic ring is 1. The molecule has 0 aliphatic rings. The largest absolute Gasteiger partial charge is 0.397 e. The van der Waals surface area contributed by atoms with E-state index in [1.54, 1.807) is 30.2 Å². The minimum Gasteiger partial charge on any atom is -0.397 e. The van der Waals surface area contributed by atoms with Crippen molar-refractivity contribution in [3.05, 3.63) is 29.2 Å². The highest BCUT2D eigenvalue weighted by Crippen LogP contribution is 2.45. The Morgan fingerprint density at radius 1 is 1.18 bits per heavy atom. The van der Waals surface area contributed by atoms with E-state index >= 15 is 0 Å². The monoisotopic (exact) mass is 520 g/mol. The molecule has 0 atom stereocenters. The third kappa shape index (κ3) is 5.77. The predicted octanol–water partition coefficient (Wildman–Crippen LogP) is 5.60. The topological polar surface area (TPSA) is 122 Å². The number of methoxy groups -OCH3 is 1. The lowest BCUT2D eigenvalue weighted by Crippen LogP contribution is -2.08. The number of pyridine rings is 1. The highest BCUT2D eigenvalue weighted by atomic mass is 32.2. The number of fused-ring (bicyclic) bond motifs is 1. The number of primary amides is 1. The summed E-state index contributed by atoms with van der Waals surface area (Å²) in [5.74, 6) is 1.19. The molecule has 0 fully saturated rings. The summed E-state index contributed by atoms with van der Waals surface area (Å²) in [7, 11) is 3.65. The van der Waals surface area contributed by atoms with Crippen LogP contribution in [0, 0.1) is 6.92 Å². The Hall–Kier alpha value is -2.47. The van der Waals surface area contributed by atoms with Gasteiger partial charge in [0, 0.05) is 30.9 Å². The number of rotatable bonds is 7. The van der Waals surface area contributed by atoms with Crippen molar-refractivity contribution in [2.75, 3.05) is 25.2 Å². The van der Waals surface area contributed by atoms with Crippen LogP contribution in [0.3, 0.4) is 0 Å². The molecule has 34 heavy (non-hydrogen) atoms. The van der Waals surface area contributed by atoms with Crippen LogP contribution in [0.5, 0.6) is 0 Å². The van der Waals surface area contributed by atoms with Crippen LogP contribution in [0.2, 0.25) is 0 Å². The Morgan fingerprint density at radius 3 is 2.44 bits per heavy atom. The van der Waals surface area contributed by atoms with Crippen molar-refractivity contribution in [2.24, 2.45) is 12.8 Å². The van der Waals surface area contributed by atoms with Crippen LogP contribution in [-0.4, -0.2) is 44.9 Å². The maximum Gasteiger partial charge on any atom is 0.260 e. The third-order valence-electron chi connectivity index (χ3n) is 4.65. The van der Waals surface area contributed by atoms with Gasteiger partial charge in [0.05, 0.1) is 34.6 Å². The summed E-state index contributed by atoms with van der Waals surface area (Å²) in [4.78, 5) is 26.3. The molecule has 0 spiro atoms. The Balaban J connectivity index is 0.000000970. The lowest BCUT2D eigenvalue weighted by molar-refractivity contribution is 0.100. The lowest BCUT2D eigenvalue weighted by Gasteiger charge is -2.08. The second-order valence-corrected chi connectivity index (χ2v) is 9.92. The first-order valence-electron chi connectivity index (χ1n) is 11.0. The molecule has 0 aliphatic carbocycles. The molecule has 11 heteroatoms. The van der Waals surface area contributed by atoms with Gasteiger partial charge in [-0.3, -0.25) is 4.79 Å².